The third kappa shape index (κ3) is 6.84. The summed E-state index contributed by atoms with van der Waals surface area (Å²) in [6, 6.07) is 17.0. The van der Waals surface area contributed by atoms with Gasteiger partial charge in [0.25, 0.3) is 5.91 Å². The smallest absolute Gasteiger partial charge is 0.258 e. The zero-order valence-corrected chi connectivity index (χ0v) is 14.0. The Kier molecular flexibility index (Phi) is 7.67. The second-order valence-electron chi connectivity index (χ2n) is 5.12. The van der Waals surface area contributed by atoms with Gasteiger partial charge in [0.2, 0.25) is 0 Å². The van der Waals surface area contributed by atoms with Crippen LogP contribution in [0, 0.1) is 11.8 Å². The van der Waals surface area contributed by atoms with Crippen LogP contribution in [0.25, 0.3) is 0 Å². The number of rotatable bonds is 8. The zero-order chi connectivity index (χ0) is 17.7. The van der Waals surface area contributed by atoms with E-state index < -0.39 is 0 Å². The fourth-order valence-corrected chi connectivity index (χ4v) is 2.06. The quantitative estimate of drug-likeness (QED) is 0.596. The highest BCUT2D eigenvalue weighted by Crippen LogP contribution is 2.18. The molecule has 0 radical (unpaired) electrons. The van der Waals surface area contributed by atoms with Gasteiger partial charge in [-0.2, -0.15) is 0 Å². The molecule has 4 heteroatoms. The van der Waals surface area contributed by atoms with Gasteiger partial charge in [-0.25, -0.2) is 0 Å². The maximum atomic E-state index is 11.6. The average Bonchev–Trinajstić information content (AvgIpc) is 2.65. The molecule has 0 bridgehead atoms. The number of amides is 1. The summed E-state index contributed by atoms with van der Waals surface area (Å²) < 4.78 is 11.0. The summed E-state index contributed by atoms with van der Waals surface area (Å²) >= 11 is 0. The molecular weight excluding hydrogens is 314 g/mol. The van der Waals surface area contributed by atoms with Crippen LogP contribution in [0.4, 0.5) is 0 Å². The van der Waals surface area contributed by atoms with Crippen LogP contribution in [0.15, 0.2) is 67.3 Å². The summed E-state index contributed by atoms with van der Waals surface area (Å²) in [7, 11) is 0. The van der Waals surface area contributed by atoms with Crippen molar-refractivity contribution in [3.05, 3.63) is 72.8 Å². The minimum atomic E-state index is -0.213. The predicted octanol–water partition coefficient (Wildman–Crippen LogP) is 2.99. The number of hydrogen-bond acceptors (Lipinski definition) is 3. The van der Waals surface area contributed by atoms with Crippen LogP contribution in [-0.2, 0) is 11.2 Å². The minimum Gasteiger partial charge on any atom is -0.484 e. The molecule has 0 unspecified atom stereocenters. The van der Waals surface area contributed by atoms with Crippen molar-refractivity contribution in [1.29, 1.82) is 0 Å². The Morgan fingerprint density at radius 3 is 2.60 bits per heavy atom. The van der Waals surface area contributed by atoms with Crippen molar-refractivity contribution in [3.63, 3.8) is 0 Å². The largest absolute Gasteiger partial charge is 0.484 e. The number of para-hydroxylation sites is 2. The first-order valence-corrected chi connectivity index (χ1v) is 8.01. The van der Waals surface area contributed by atoms with E-state index >= 15 is 0 Å². The highest BCUT2D eigenvalue weighted by atomic mass is 16.5. The highest BCUT2D eigenvalue weighted by molar-refractivity contribution is 5.77. The van der Waals surface area contributed by atoms with Gasteiger partial charge in [-0.05, 0) is 30.2 Å². The number of nitrogens with one attached hydrogen (secondary N) is 1. The first-order valence-electron chi connectivity index (χ1n) is 8.01. The maximum absolute atomic E-state index is 11.6. The van der Waals surface area contributed by atoms with E-state index in [-0.39, 0.29) is 25.7 Å². The number of hydrogen-bond donors (Lipinski definition) is 1. The standard InChI is InChI=1S/C21H21NO3/c1-2-10-18-11-6-7-14-20(18)24-16-9-8-15-22-21(23)17-25-19-12-4-3-5-13-19/h2-7,11-14H,1,10,15-17H2,(H,22,23). The molecule has 0 saturated heterocycles. The van der Waals surface area contributed by atoms with Gasteiger partial charge in [0, 0.05) is 0 Å². The van der Waals surface area contributed by atoms with E-state index in [1.165, 1.54) is 0 Å². The van der Waals surface area contributed by atoms with Gasteiger partial charge in [-0.15, -0.1) is 6.58 Å². The fourth-order valence-electron chi connectivity index (χ4n) is 2.06. The van der Waals surface area contributed by atoms with Crippen LogP contribution in [0.1, 0.15) is 5.56 Å². The molecule has 2 aromatic rings. The van der Waals surface area contributed by atoms with Gasteiger partial charge in [-0.3, -0.25) is 4.79 Å². The van der Waals surface area contributed by atoms with E-state index in [0.29, 0.717) is 5.75 Å². The Balaban J connectivity index is 1.66. The van der Waals surface area contributed by atoms with Crippen molar-refractivity contribution in [2.24, 2.45) is 0 Å². The van der Waals surface area contributed by atoms with Crippen molar-refractivity contribution in [2.75, 3.05) is 19.8 Å². The molecule has 0 heterocycles. The molecule has 0 aromatic heterocycles. The Morgan fingerprint density at radius 2 is 1.80 bits per heavy atom. The molecule has 0 aliphatic heterocycles. The molecule has 0 atom stereocenters. The van der Waals surface area contributed by atoms with Crippen molar-refractivity contribution >= 4 is 5.91 Å². The molecule has 4 nitrogen and oxygen atoms in total. The Bertz CT molecular complexity index is 744. The van der Waals surface area contributed by atoms with Gasteiger partial charge in [0.1, 0.15) is 18.1 Å². The van der Waals surface area contributed by atoms with E-state index in [0.717, 1.165) is 17.7 Å². The summed E-state index contributed by atoms with van der Waals surface area (Å²) in [5.74, 6) is 6.98. The second-order valence-corrected chi connectivity index (χ2v) is 5.12. The fraction of sp³-hybridized carbons (Fsp3) is 0.190. The van der Waals surface area contributed by atoms with E-state index in [9.17, 15) is 4.79 Å². The lowest BCUT2D eigenvalue weighted by Crippen LogP contribution is -2.29. The van der Waals surface area contributed by atoms with E-state index in [1.807, 2.05) is 48.5 Å². The van der Waals surface area contributed by atoms with Crippen LogP contribution in [0.5, 0.6) is 11.5 Å². The van der Waals surface area contributed by atoms with Gasteiger partial charge in [0.15, 0.2) is 6.61 Å². The molecule has 1 amide bonds. The topological polar surface area (TPSA) is 47.6 Å². The summed E-state index contributed by atoms with van der Waals surface area (Å²) in [6.45, 7) is 4.23. The number of carbonyl (C=O) groups is 1. The molecule has 128 valence electrons. The number of allylic oxidation sites excluding steroid dienone is 1. The van der Waals surface area contributed by atoms with Gasteiger partial charge < -0.3 is 14.8 Å². The lowest BCUT2D eigenvalue weighted by molar-refractivity contribution is -0.122. The molecular formula is C21H21NO3. The predicted molar refractivity (Wildman–Crippen MR) is 98.6 cm³/mol. The van der Waals surface area contributed by atoms with Crippen molar-refractivity contribution in [2.45, 2.75) is 6.42 Å². The number of carbonyl (C=O) groups excluding carboxylic acids is 1. The van der Waals surface area contributed by atoms with Crippen LogP contribution >= 0.6 is 0 Å². The molecule has 0 aliphatic rings. The number of ether oxygens (including phenoxy) is 2. The highest BCUT2D eigenvalue weighted by Gasteiger charge is 2.01. The molecule has 2 rings (SSSR count). The zero-order valence-electron chi connectivity index (χ0n) is 14.0. The van der Waals surface area contributed by atoms with Gasteiger partial charge in [0.05, 0.1) is 6.54 Å². The molecule has 2 aromatic carbocycles. The SMILES string of the molecule is C=CCc1ccccc1OCC#CCNC(=O)COc1ccccc1. The van der Waals surface area contributed by atoms with Crippen molar-refractivity contribution in [3.8, 4) is 23.3 Å². The van der Waals surface area contributed by atoms with Crippen LogP contribution < -0.4 is 14.8 Å². The summed E-state index contributed by atoms with van der Waals surface area (Å²) in [5.41, 5.74) is 1.07. The van der Waals surface area contributed by atoms with E-state index in [1.54, 1.807) is 12.1 Å². The summed E-state index contributed by atoms with van der Waals surface area (Å²) in [5, 5.41) is 2.68. The third-order valence-corrected chi connectivity index (χ3v) is 3.25. The number of benzene rings is 2. The maximum Gasteiger partial charge on any atom is 0.258 e. The Hall–Kier alpha value is -3.19. The lowest BCUT2D eigenvalue weighted by atomic mass is 10.1. The molecule has 1 N–H and O–H groups in total. The molecule has 0 spiro atoms. The van der Waals surface area contributed by atoms with Crippen molar-refractivity contribution < 1.29 is 14.3 Å². The monoisotopic (exact) mass is 335 g/mol. The second kappa shape index (κ2) is 10.6. The van der Waals surface area contributed by atoms with Gasteiger partial charge >= 0.3 is 0 Å². The minimum absolute atomic E-state index is 0.0306. The van der Waals surface area contributed by atoms with E-state index in [2.05, 4.69) is 23.7 Å². The van der Waals surface area contributed by atoms with Gasteiger partial charge in [-0.1, -0.05) is 54.3 Å². The molecule has 25 heavy (non-hydrogen) atoms. The van der Waals surface area contributed by atoms with Crippen LogP contribution in [-0.4, -0.2) is 25.7 Å². The lowest BCUT2D eigenvalue weighted by Gasteiger charge is -2.07. The summed E-state index contributed by atoms with van der Waals surface area (Å²) in [6.07, 6.45) is 2.59. The average molecular weight is 335 g/mol. The Labute approximate surface area is 148 Å². The van der Waals surface area contributed by atoms with Crippen molar-refractivity contribution in [1.82, 2.24) is 5.32 Å². The third-order valence-electron chi connectivity index (χ3n) is 3.25. The molecule has 0 saturated carbocycles. The molecule has 0 fully saturated rings. The normalized spacial score (nSPS) is 9.44. The molecule has 0 aliphatic carbocycles. The summed E-state index contributed by atoms with van der Waals surface area (Å²) in [4.78, 5) is 11.6. The first-order chi connectivity index (χ1) is 12.3. The van der Waals surface area contributed by atoms with Crippen LogP contribution in [0.2, 0.25) is 0 Å². The van der Waals surface area contributed by atoms with E-state index in [4.69, 9.17) is 9.47 Å². The Morgan fingerprint density at radius 1 is 1.04 bits per heavy atom. The van der Waals surface area contributed by atoms with Crippen LogP contribution in [0.3, 0.4) is 0 Å². The first kappa shape index (κ1) is 18.2.